The number of carbonyl (C=O) groups excluding carboxylic acids is 1. The number of hydrogen-bond donors (Lipinski definition) is 4. The SMILES string of the molecule is Nc1ccc(CCNCCCNCCCC(=O)c2ccc(N)cc2)cc1. The van der Waals surface area contributed by atoms with E-state index in [1.165, 1.54) is 5.56 Å². The van der Waals surface area contributed by atoms with Gasteiger partial charge in [-0.25, -0.2) is 0 Å². The predicted octanol–water partition coefficient (Wildman–Crippen LogP) is 2.63. The fourth-order valence-corrected chi connectivity index (χ4v) is 2.69. The van der Waals surface area contributed by atoms with Crippen molar-refractivity contribution in [3.05, 3.63) is 59.7 Å². The average Bonchev–Trinajstić information content (AvgIpc) is 2.65. The number of ketones is 1. The van der Waals surface area contributed by atoms with Crippen molar-refractivity contribution in [1.29, 1.82) is 0 Å². The van der Waals surface area contributed by atoms with Gasteiger partial charge in [-0.3, -0.25) is 4.79 Å². The summed E-state index contributed by atoms with van der Waals surface area (Å²) in [5.41, 5.74) is 14.8. The van der Waals surface area contributed by atoms with Crippen molar-refractivity contribution in [2.24, 2.45) is 0 Å². The molecule has 2 rings (SSSR count). The van der Waals surface area contributed by atoms with Crippen molar-refractivity contribution in [3.8, 4) is 0 Å². The second kappa shape index (κ2) is 11.3. The standard InChI is InChI=1S/C21H30N4O/c22-19-8-4-17(5-9-19)12-16-25-15-2-14-24-13-1-3-21(26)18-6-10-20(23)11-7-18/h4-11,24-25H,1-3,12-16,22-23H2. The Hall–Kier alpha value is -2.37. The number of nitrogens with one attached hydrogen (secondary N) is 2. The molecule has 0 spiro atoms. The van der Waals surface area contributed by atoms with Gasteiger partial charge in [0, 0.05) is 23.4 Å². The number of carbonyl (C=O) groups is 1. The minimum atomic E-state index is 0.177. The monoisotopic (exact) mass is 354 g/mol. The first kappa shape index (κ1) is 19.9. The third-order valence-corrected chi connectivity index (χ3v) is 4.27. The number of rotatable bonds is 12. The molecule has 0 radical (unpaired) electrons. The summed E-state index contributed by atoms with van der Waals surface area (Å²) < 4.78 is 0. The van der Waals surface area contributed by atoms with Gasteiger partial charge in [-0.1, -0.05) is 12.1 Å². The van der Waals surface area contributed by atoms with Crippen LogP contribution in [0.25, 0.3) is 0 Å². The molecule has 0 heterocycles. The van der Waals surface area contributed by atoms with E-state index < -0.39 is 0 Å². The van der Waals surface area contributed by atoms with Crippen LogP contribution in [0.4, 0.5) is 11.4 Å². The summed E-state index contributed by atoms with van der Waals surface area (Å²) in [7, 11) is 0. The van der Waals surface area contributed by atoms with Crippen LogP contribution in [0.1, 0.15) is 35.2 Å². The molecule has 140 valence electrons. The van der Waals surface area contributed by atoms with Crippen molar-refractivity contribution in [2.75, 3.05) is 37.6 Å². The molecule has 2 aromatic carbocycles. The van der Waals surface area contributed by atoms with Crippen LogP contribution in [0.2, 0.25) is 0 Å². The van der Waals surface area contributed by atoms with E-state index in [9.17, 15) is 4.79 Å². The lowest BCUT2D eigenvalue weighted by atomic mass is 10.1. The van der Waals surface area contributed by atoms with Crippen LogP contribution in [0.5, 0.6) is 0 Å². The Morgan fingerprint density at radius 1 is 0.731 bits per heavy atom. The maximum Gasteiger partial charge on any atom is 0.162 e. The predicted molar refractivity (Wildman–Crippen MR) is 109 cm³/mol. The number of anilines is 2. The normalized spacial score (nSPS) is 10.8. The van der Waals surface area contributed by atoms with Gasteiger partial charge in [0.1, 0.15) is 0 Å². The highest BCUT2D eigenvalue weighted by atomic mass is 16.1. The molecular formula is C21H30N4O. The Bertz CT molecular complexity index is 653. The summed E-state index contributed by atoms with van der Waals surface area (Å²) >= 11 is 0. The fraction of sp³-hybridized carbons (Fsp3) is 0.381. The molecule has 0 saturated carbocycles. The second-order valence-electron chi connectivity index (χ2n) is 6.49. The molecule has 0 aliphatic carbocycles. The van der Waals surface area contributed by atoms with Gasteiger partial charge in [0.2, 0.25) is 0 Å². The van der Waals surface area contributed by atoms with Crippen molar-refractivity contribution >= 4 is 17.2 Å². The molecule has 0 aliphatic rings. The quantitative estimate of drug-likeness (QED) is 0.267. The molecule has 0 fully saturated rings. The first-order chi connectivity index (χ1) is 12.6. The highest BCUT2D eigenvalue weighted by molar-refractivity contribution is 5.96. The minimum absolute atomic E-state index is 0.177. The molecule has 0 aromatic heterocycles. The molecule has 6 N–H and O–H groups in total. The van der Waals surface area contributed by atoms with E-state index in [1.54, 1.807) is 24.3 Å². The maximum absolute atomic E-state index is 12.0. The van der Waals surface area contributed by atoms with Crippen molar-refractivity contribution in [2.45, 2.75) is 25.7 Å². The maximum atomic E-state index is 12.0. The van der Waals surface area contributed by atoms with E-state index in [2.05, 4.69) is 22.8 Å². The first-order valence-electron chi connectivity index (χ1n) is 9.30. The van der Waals surface area contributed by atoms with E-state index in [-0.39, 0.29) is 5.78 Å². The van der Waals surface area contributed by atoms with Crippen LogP contribution in [-0.4, -0.2) is 32.0 Å². The molecule has 26 heavy (non-hydrogen) atoms. The second-order valence-corrected chi connectivity index (χ2v) is 6.49. The van der Waals surface area contributed by atoms with Crippen LogP contribution in [-0.2, 0) is 6.42 Å². The van der Waals surface area contributed by atoms with Crippen LogP contribution >= 0.6 is 0 Å². The molecule has 0 amide bonds. The van der Waals surface area contributed by atoms with E-state index >= 15 is 0 Å². The zero-order chi connectivity index (χ0) is 18.6. The molecule has 0 aliphatic heterocycles. The zero-order valence-corrected chi connectivity index (χ0v) is 15.3. The lowest BCUT2D eigenvalue weighted by molar-refractivity contribution is 0.0980. The van der Waals surface area contributed by atoms with Crippen molar-refractivity contribution in [3.63, 3.8) is 0 Å². The summed E-state index contributed by atoms with van der Waals surface area (Å²) in [5, 5.41) is 6.84. The minimum Gasteiger partial charge on any atom is -0.399 e. The molecular weight excluding hydrogens is 324 g/mol. The molecule has 0 saturated heterocycles. The molecule has 2 aromatic rings. The number of Topliss-reactive ketones (excluding diaryl/α,β-unsaturated/α-hetero) is 1. The molecule has 0 bridgehead atoms. The third kappa shape index (κ3) is 7.68. The Morgan fingerprint density at radius 3 is 1.92 bits per heavy atom. The van der Waals surface area contributed by atoms with Gasteiger partial charge in [0.25, 0.3) is 0 Å². The van der Waals surface area contributed by atoms with E-state index in [0.29, 0.717) is 12.1 Å². The zero-order valence-electron chi connectivity index (χ0n) is 15.3. The van der Waals surface area contributed by atoms with Crippen LogP contribution in [0, 0.1) is 0 Å². The summed E-state index contributed by atoms with van der Waals surface area (Å²) in [5.74, 6) is 0.177. The third-order valence-electron chi connectivity index (χ3n) is 4.27. The van der Waals surface area contributed by atoms with E-state index in [0.717, 1.165) is 56.7 Å². The van der Waals surface area contributed by atoms with Gasteiger partial charge < -0.3 is 22.1 Å². The van der Waals surface area contributed by atoms with Gasteiger partial charge in [-0.2, -0.15) is 0 Å². The number of hydrogen-bond acceptors (Lipinski definition) is 5. The Labute approximate surface area is 156 Å². The summed E-state index contributed by atoms with van der Waals surface area (Å²) in [6.45, 7) is 3.80. The first-order valence-corrected chi connectivity index (χ1v) is 9.30. The highest BCUT2D eigenvalue weighted by Gasteiger charge is 2.04. The van der Waals surface area contributed by atoms with Gasteiger partial charge in [-0.15, -0.1) is 0 Å². The average molecular weight is 354 g/mol. The molecule has 5 nitrogen and oxygen atoms in total. The lowest BCUT2D eigenvalue weighted by Crippen LogP contribution is -2.24. The van der Waals surface area contributed by atoms with Gasteiger partial charge >= 0.3 is 0 Å². The van der Waals surface area contributed by atoms with Crippen LogP contribution in [0.3, 0.4) is 0 Å². The Balaban J connectivity index is 1.42. The lowest BCUT2D eigenvalue weighted by Gasteiger charge is -2.07. The van der Waals surface area contributed by atoms with Crippen molar-refractivity contribution in [1.82, 2.24) is 10.6 Å². The molecule has 0 atom stereocenters. The van der Waals surface area contributed by atoms with Crippen LogP contribution < -0.4 is 22.1 Å². The summed E-state index contributed by atoms with van der Waals surface area (Å²) in [4.78, 5) is 12.0. The van der Waals surface area contributed by atoms with Gasteiger partial charge in [0.05, 0.1) is 0 Å². The smallest absolute Gasteiger partial charge is 0.162 e. The van der Waals surface area contributed by atoms with Crippen LogP contribution in [0.15, 0.2) is 48.5 Å². The molecule has 0 unspecified atom stereocenters. The topological polar surface area (TPSA) is 93.2 Å². The summed E-state index contributed by atoms with van der Waals surface area (Å²) in [6.07, 6.45) is 3.51. The van der Waals surface area contributed by atoms with Crippen molar-refractivity contribution < 1.29 is 4.79 Å². The molecule has 5 heteroatoms. The number of nitrogens with two attached hydrogens (primary N) is 2. The van der Waals surface area contributed by atoms with E-state index in [4.69, 9.17) is 11.5 Å². The largest absolute Gasteiger partial charge is 0.399 e. The van der Waals surface area contributed by atoms with E-state index in [1.807, 2.05) is 12.1 Å². The number of nitrogen functional groups attached to an aromatic ring is 2. The van der Waals surface area contributed by atoms with Gasteiger partial charge in [0.15, 0.2) is 5.78 Å². The number of benzene rings is 2. The summed E-state index contributed by atoms with van der Waals surface area (Å²) in [6, 6.07) is 15.2. The van der Waals surface area contributed by atoms with Gasteiger partial charge in [-0.05, 0) is 87.4 Å². The Kier molecular flexibility index (Phi) is 8.66. The Morgan fingerprint density at radius 2 is 1.27 bits per heavy atom. The highest BCUT2D eigenvalue weighted by Crippen LogP contribution is 2.09. The fourth-order valence-electron chi connectivity index (χ4n) is 2.69.